The predicted molar refractivity (Wildman–Crippen MR) is 71.1 cm³/mol. The van der Waals surface area contributed by atoms with E-state index in [1.165, 1.54) is 6.92 Å². The Balaban J connectivity index is -0.0000000815. The molecule has 0 rings (SSSR count). The number of alkyl halides is 1. The summed E-state index contributed by atoms with van der Waals surface area (Å²) < 4.78 is 4.53. The number of ketones is 1. The molecule has 4 nitrogen and oxygen atoms in total. The molecule has 0 aliphatic heterocycles. The number of Topliss-reactive ketones (excluding diaryl/α,β-unsaturated/α-hetero) is 1. The highest BCUT2D eigenvalue weighted by Crippen LogP contribution is 1.97. The van der Waals surface area contributed by atoms with Crippen LogP contribution < -0.4 is 0 Å². The maximum Gasteiger partial charge on any atom is 0.306 e. The minimum atomic E-state index is -0.498. The molecule has 0 radical (unpaired) electrons. The first-order chi connectivity index (χ1) is 7.35. The standard InChI is InChI=1S/C5H9ClO2.C4H8O.C2H4O.CH4/c1-3-5(7)8-4(2)6;1-3-4(2)5;1-2-3;/h4H,3H2,1-2H3;3H2,1-2H3;2H,1H3;1H4. The van der Waals surface area contributed by atoms with Gasteiger partial charge in [0.05, 0.1) is 0 Å². The number of esters is 1. The fourth-order valence-corrected chi connectivity index (χ4v) is 0.364. The first kappa shape index (κ1) is 25.1. The van der Waals surface area contributed by atoms with E-state index in [2.05, 4.69) is 4.74 Å². The minimum Gasteiger partial charge on any atom is -0.446 e. The van der Waals surface area contributed by atoms with Crippen LogP contribution in [0.3, 0.4) is 0 Å². The van der Waals surface area contributed by atoms with Crippen LogP contribution in [0.2, 0.25) is 0 Å². The van der Waals surface area contributed by atoms with Gasteiger partial charge in [-0.25, -0.2) is 0 Å². The molecule has 5 heteroatoms. The van der Waals surface area contributed by atoms with Gasteiger partial charge in [-0.2, -0.15) is 0 Å². The van der Waals surface area contributed by atoms with E-state index >= 15 is 0 Å². The molecule has 1 atom stereocenters. The number of carbonyl (C=O) groups excluding carboxylic acids is 3. The number of halogens is 1. The van der Waals surface area contributed by atoms with Crippen LogP contribution in [-0.4, -0.2) is 23.6 Å². The summed E-state index contributed by atoms with van der Waals surface area (Å²) in [7, 11) is 0. The normalized spacial score (nSPS) is 9.06. The van der Waals surface area contributed by atoms with E-state index in [4.69, 9.17) is 16.4 Å². The van der Waals surface area contributed by atoms with Crippen LogP contribution in [0.15, 0.2) is 0 Å². The van der Waals surface area contributed by atoms with Crippen LogP contribution in [-0.2, 0) is 19.1 Å². The van der Waals surface area contributed by atoms with Gasteiger partial charge in [0.15, 0.2) is 5.56 Å². The highest BCUT2D eigenvalue weighted by molar-refractivity contribution is 6.19. The molecule has 0 aliphatic rings. The number of ether oxygens (including phenoxy) is 1. The summed E-state index contributed by atoms with van der Waals surface area (Å²) in [6, 6.07) is 0. The maximum absolute atomic E-state index is 10.3. The van der Waals surface area contributed by atoms with Crippen molar-refractivity contribution in [1.29, 1.82) is 0 Å². The van der Waals surface area contributed by atoms with Crippen LogP contribution in [0.5, 0.6) is 0 Å². The van der Waals surface area contributed by atoms with Crippen LogP contribution in [0.1, 0.15) is 54.9 Å². The summed E-state index contributed by atoms with van der Waals surface area (Å²) in [6.07, 6.45) is 1.80. The van der Waals surface area contributed by atoms with E-state index in [0.29, 0.717) is 12.8 Å². The van der Waals surface area contributed by atoms with E-state index < -0.39 is 5.56 Å². The van der Waals surface area contributed by atoms with Gasteiger partial charge in [0.1, 0.15) is 12.1 Å². The van der Waals surface area contributed by atoms with E-state index in [1.807, 2.05) is 6.92 Å². The first-order valence-electron chi connectivity index (χ1n) is 5.08. The third-order valence-electron chi connectivity index (χ3n) is 1.08. The average molecular weight is 269 g/mol. The molecule has 0 N–H and O–H groups in total. The van der Waals surface area contributed by atoms with Crippen molar-refractivity contribution in [2.24, 2.45) is 0 Å². The highest BCUT2D eigenvalue weighted by atomic mass is 35.5. The lowest BCUT2D eigenvalue weighted by Gasteiger charge is -2.02. The largest absolute Gasteiger partial charge is 0.446 e. The lowest BCUT2D eigenvalue weighted by atomic mass is 10.4. The fraction of sp³-hybridized carbons (Fsp3) is 0.750. The van der Waals surface area contributed by atoms with Crippen molar-refractivity contribution in [3.8, 4) is 0 Å². The molecule has 0 saturated carbocycles. The Hall–Kier alpha value is -0.900. The van der Waals surface area contributed by atoms with Gasteiger partial charge in [-0.05, 0) is 20.8 Å². The Labute approximate surface area is 110 Å². The zero-order valence-corrected chi connectivity index (χ0v) is 11.3. The second-order valence-corrected chi connectivity index (χ2v) is 3.29. The molecule has 104 valence electrons. The summed E-state index contributed by atoms with van der Waals surface area (Å²) in [4.78, 5) is 28.9. The molecule has 0 aromatic carbocycles. The van der Waals surface area contributed by atoms with Gasteiger partial charge in [0.25, 0.3) is 0 Å². The predicted octanol–water partition coefficient (Wildman–Crippen LogP) is 3.35. The molecule has 0 heterocycles. The maximum atomic E-state index is 10.3. The Kier molecular flexibility index (Phi) is 30.2. The molecule has 0 spiro atoms. The van der Waals surface area contributed by atoms with Gasteiger partial charge in [0.2, 0.25) is 0 Å². The Morgan fingerprint density at radius 3 is 1.65 bits per heavy atom. The van der Waals surface area contributed by atoms with Crippen molar-refractivity contribution >= 4 is 29.6 Å². The summed E-state index contributed by atoms with van der Waals surface area (Å²) in [5.74, 6) is -0.00231. The average Bonchev–Trinajstić information content (AvgIpc) is 2.18. The van der Waals surface area contributed by atoms with Crippen LogP contribution in [0, 0.1) is 0 Å². The second-order valence-electron chi connectivity index (χ2n) is 2.68. The van der Waals surface area contributed by atoms with Crippen molar-refractivity contribution in [3.63, 3.8) is 0 Å². The topological polar surface area (TPSA) is 60.4 Å². The van der Waals surface area contributed by atoms with Gasteiger partial charge in [0, 0.05) is 12.8 Å². The lowest BCUT2D eigenvalue weighted by Crippen LogP contribution is -2.07. The van der Waals surface area contributed by atoms with Gasteiger partial charge >= 0.3 is 5.97 Å². The summed E-state index contributed by atoms with van der Waals surface area (Å²) in [5, 5.41) is 0. The zero-order chi connectivity index (χ0) is 13.6. The van der Waals surface area contributed by atoms with Crippen molar-refractivity contribution in [2.75, 3.05) is 0 Å². The molecule has 0 fully saturated rings. The zero-order valence-electron chi connectivity index (χ0n) is 10.6. The van der Waals surface area contributed by atoms with Crippen molar-refractivity contribution in [2.45, 2.75) is 60.5 Å². The van der Waals surface area contributed by atoms with E-state index in [0.717, 1.165) is 6.29 Å². The highest BCUT2D eigenvalue weighted by Gasteiger charge is 2.00. The quantitative estimate of drug-likeness (QED) is 0.447. The minimum absolute atomic E-state index is 0. The number of hydrogen-bond donors (Lipinski definition) is 0. The molecule has 0 aromatic heterocycles. The number of aldehydes is 1. The van der Waals surface area contributed by atoms with Gasteiger partial charge < -0.3 is 14.3 Å². The number of hydrogen-bond acceptors (Lipinski definition) is 4. The number of rotatable bonds is 3. The van der Waals surface area contributed by atoms with Gasteiger partial charge in [-0.15, -0.1) is 0 Å². The van der Waals surface area contributed by atoms with E-state index in [1.54, 1.807) is 20.8 Å². The Bertz CT molecular complexity index is 191. The Morgan fingerprint density at radius 1 is 1.29 bits per heavy atom. The Morgan fingerprint density at radius 2 is 1.59 bits per heavy atom. The third-order valence-corrected chi connectivity index (χ3v) is 1.17. The lowest BCUT2D eigenvalue weighted by molar-refractivity contribution is -0.144. The molecule has 17 heavy (non-hydrogen) atoms. The fourth-order valence-electron chi connectivity index (χ4n) is 0.264. The summed E-state index contributed by atoms with van der Waals surface area (Å²) in [5.41, 5.74) is -0.498. The smallest absolute Gasteiger partial charge is 0.306 e. The van der Waals surface area contributed by atoms with Gasteiger partial charge in [-0.3, -0.25) is 4.79 Å². The summed E-state index contributed by atoms with van der Waals surface area (Å²) >= 11 is 5.31. The van der Waals surface area contributed by atoms with Crippen molar-refractivity contribution in [1.82, 2.24) is 0 Å². The SMILES string of the molecule is C.CC=O.CCC(=O)OC(C)Cl.CCC(C)=O. The van der Waals surface area contributed by atoms with E-state index in [9.17, 15) is 9.59 Å². The van der Waals surface area contributed by atoms with Crippen LogP contribution in [0.25, 0.3) is 0 Å². The molecular weight excluding hydrogens is 244 g/mol. The van der Waals surface area contributed by atoms with Crippen molar-refractivity contribution < 1.29 is 19.1 Å². The molecule has 1 unspecified atom stereocenters. The molecule has 0 aromatic rings. The monoisotopic (exact) mass is 268 g/mol. The van der Waals surface area contributed by atoms with Crippen LogP contribution in [0.4, 0.5) is 0 Å². The van der Waals surface area contributed by atoms with Gasteiger partial charge in [-0.1, -0.05) is 32.9 Å². The molecule has 0 aliphatic carbocycles. The molecular formula is C12H25ClO4. The number of carbonyl (C=O) groups is 3. The molecule has 0 amide bonds. The molecule has 0 saturated heterocycles. The third kappa shape index (κ3) is 51.4. The molecule has 0 bridgehead atoms. The van der Waals surface area contributed by atoms with E-state index in [-0.39, 0.29) is 19.2 Å². The summed E-state index contributed by atoms with van der Waals surface area (Å²) in [6.45, 7) is 8.21. The first-order valence-corrected chi connectivity index (χ1v) is 5.51. The second kappa shape index (κ2) is 20.5. The van der Waals surface area contributed by atoms with Crippen molar-refractivity contribution in [3.05, 3.63) is 0 Å². The van der Waals surface area contributed by atoms with Crippen LogP contribution >= 0.6 is 11.6 Å².